The number of unbranched alkanes of at least 4 members (excludes halogenated alkanes) is 1. The van der Waals surface area contributed by atoms with Crippen molar-refractivity contribution in [1.82, 2.24) is 0 Å². The van der Waals surface area contributed by atoms with Crippen LogP contribution in [0.4, 0.5) is 0 Å². The summed E-state index contributed by atoms with van der Waals surface area (Å²) in [7, 11) is -0.0249. The van der Waals surface area contributed by atoms with Gasteiger partial charge in [0.05, 0.1) is 7.11 Å². The van der Waals surface area contributed by atoms with Gasteiger partial charge in [-0.3, -0.25) is 0 Å². The van der Waals surface area contributed by atoms with Gasteiger partial charge in [-0.25, -0.2) is 0 Å². The smallest absolute Gasteiger partial charge is 0.245 e. The zero-order chi connectivity index (χ0) is 16.6. The van der Waals surface area contributed by atoms with E-state index in [0.717, 1.165) is 28.7 Å². The molecule has 2 nitrogen and oxygen atoms in total. The second-order valence-corrected chi connectivity index (χ2v) is 10.2. The summed E-state index contributed by atoms with van der Waals surface area (Å²) in [5.41, 5.74) is 2.03. The number of benzene rings is 1. The van der Waals surface area contributed by atoms with E-state index in [-0.39, 0.29) is 0 Å². The van der Waals surface area contributed by atoms with Crippen LogP contribution in [0.1, 0.15) is 25.3 Å². The van der Waals surface area contributed by atoms with Gasteiger partial charge in [0, 0.05) is 0 Å². The first-order valence-electron chi connectivity index (χ1n) is 7.79. The van der Waals surface area contributed by atoms with E-state index in [2.05, 4.69) is 33.2 Å². The van der Waals surface area contributed by atoms with Crippen molar-refractivity contribution in [2.75, 3.05) is 7.11 Å². The van der Waals surface area contributed by atoms with Crippen molar-refractivity contribution in [3.05, 3.63) is 54.6 Å². The minimum Gasteiger partial charge on any atom is -0.542 e. The molecule has 0 amide bonds. The Labute approximate surface area is 136 Å². The maximum atomic E-state index is 6.29. The second-order valence-electron chi connectivity index (χ2n) is 5.93. The maximum absolute atomic E-state index is 6.29. The molecule has 0 aromatic heterocycles. The van der Waals surface area contributed by atoms with E-state index in [1.807, 2.05) is 24.3 Å². The van der Waals surface area contributed by atoms with Crippen LogP contribution in [0.5, 0.6) is 11.5 Å². The molecular formula is C19H28O2Si. The van der Waals surface area contributed by atoms with E-state index in [1.165, 1.54) is 12.8 Å². The van der Waals surface area contributed by atoms with Crippen molar-refractivity contribution in [2.45, 2.75) is 38.9 Å². The van der Waals surface area contributed by atoms with E-state index in [4.69, 9.17) is 9.16 Å². The van der Waals surface area contributed by atoms with Crippen LogP contribution in [0.25, 0.3) is 6.08 Å². The third-order valence-corrected chi connectivity index (χ3v) is 5.84. The van der Waals surface area contributed by atoms with E-state index in [1.54, 1.807) is 19.3 Å². The molecule has 0 N–H and O–H groups in total. The summed E-state index contributed by atoms with van der Waals surface area (Å²) in [5.74, 6) is 1.62. The Kier molecular flexibility index (Phi) is 7.19. The highest BCUT2D eigenvalue weighted by molar-refractivity contribution is 6.71. The Morgan fingerprint density at radius 2 is 1.86 bits per heavy atom. The predicted molar refractivity (Wildman–Crippen MR) is 99.2 cm³/mol. The van der Waals surface area contributed by atoms with Crippen LogP contribution in [-0.2, 0) is 0 Å². The third kappa shape index (κ3) is 5.56. The highest BCUT2D eigenvalue weighted by atomic mass is 28.4. The first-order chi connectivity index (χ1) is 10.5. The molecule has 0 radical (unpaired) electrons. The zero-order valence-electron chi connectivity index (χ0n) is 14.3. The van der Waals surface area contributed by atoms with Crippen LogP contribution in [0.3, 0.4) is 0 Å². The number of hydrogen-bond donors (Lipinski definition) is 0. The molecule has 3 heteroatoms. The lowest BCUT2D eigenvalue weighted by atomic mass is 10.1. The summed E-state index contributed by atoms with van der Waals surface area (Å²) in [6, 6.07) is 7.18. The third-order valence-electron chi connectivity index (χ3n) is 3.51. The molecule has 1 aromatic rings. The molecule has 0 saturated heterocycles. The lowest BCUT2D eigenvalue weighted by Gasteiger charge is -2.25. The summed E-state index contributed by atoms with van der Waals surface area (Å²) in [4.78, 5) is 0. The summed E-state index contributed by atoms with van der Waals surface area (Å²) in [5, 5.41) is 0. The molecule has 1 aromatic carbocycles. The molecule has 0 saturated carbocycles. The molecule has 0 aliphatic rings. The molecule has 0 aliphatic carbocycles. The SMILES string of the molecule is C=CC(C=C)=Cc1ccc(O[Si](C)(C)CCCC)c(OC)c1. The van der Waals surface area contributed by atoms with Crippen LogP contribution < -0.4 is 9.16 Å². The first-order valence-corrected chi connectivity index (χ1v) is 10.9. The quantitative estimate of drug-likeness (QED) is 0.421. The minimum absolute atomic E-state index is 0.776. The number of rotatable bonds is 9. The van der Waals surface area contributed by atoms with Crippen molar-refractivity contribution in [3.63, 3.8) is 0 Å². The highest BCUT2D eigenvalue weighted by Gasteiger charge is 2.25. The van der Waals surface area contributed by atoms with Gasteiger partial charge in [-0.1, -0.05) is 51.1 Å². The second kappa shape index (κ2) is 8.64. The monoisotopic (exact) mass is 316 g/mol. The van der Waals surface area contributed by atoms with E-state index >= 15 is 0 Å². The Morgan fingerprint density at radius 3 is 2.41 bits per heavy atom. The highest BCUT2D eigenvalue weighted by Crippen LogP contribution is 2.32. The van der Waals surface area contributed by atoms with Gasteiger partial charge in [-0.2, -0.15) is 0 Å². The Balaban J connectivity index is 3.01. The maximum Gasteiger partial charge on any atom is 0.245 e. The van der Waals surface area contributed by atoms with Crippen molar-refractivity contribution >= 4 is 14.4 Å². The molecule has 0 fully saturated rings. The Bertz CT molecular complexity index is 534. The molecule has 0 aliphatic heterocycles. The van der Waals surface area contributed by atoms with Gasteiger partial charge in [-0.15, -0.1) is 0 Å². The van der Waals surface area contributed by atoms with Gasteiger partial charge < -0.3 is 9.16 Å². The molecule has 0 heterocycles. The van der Waals surface area contributed by atoms with Gasteiger partial charge in [-0.05, 0) is 48.5 Å². The van der Waals surface area contributed by atoms with Crippen LogP contribution in [0.15, 0.2) is 49.1 Å². The average molecular weight is 317 g/mol. The topological polar surface area (TPSA) is 18.5 Å². The summed E-state index contributed by atoms with van der Waals surface area (Å²) in [6.07, 6.45) is 8.00. The van der Waals surface area contributed by atoms with Gasteiger partial charge in [0.15, 0.2) is 5.75 Å². The Morgan fingerprint density at radius 1 is 1.18 bits per heavy atom. The Hall–Kier alpha value is -1.74. The van der Waals surface area contributed by atoms with Crippen LogP contribution in [0, 0.1) is 0 Å². The van der Waals surface area contributed by atoms with Crippen molar-refractivity contribution in [1.29, 1.82) is 0 Å². The zero-order valence-corrected chi connectivity index (χ0v) is 15.3. The summed E-state index contributed by atoms with van der Waals surface area (Å²) >= 11 is 0. The molecule has 0 bridgehead atoms. The molecule has 0 unspecified atom stereocenters. The number of ether oxygens (including phenoxy) is 1. The largest absolute Gasteiger partial charge is 0.542 e. The summed E-state index contributed by atoms with van der Waals surface area (Å²) < 4.78 is 11.8. The average Bonchev–Trinajstić information content (AvgIpc) is 2.51. The van der Waals surface area contributed by atoms with Crippen LogP contribution in [-0.4, -0.2) is 15.4 Å². The molecule has 1 rings (SSSR count). The minimum atomic E-state index is -1.70. The van der Waals surface area contributed by atoms with Crippen LogP contribution >= 0.6 is 0 Å². The van der Waals surface area contributed by atoms with Crippen molar-refractivity contribution in [3.8, 4) is 11.5 Å². The molecular weight excluding hydrogens is 288 g/mol. The normalized spacial score (nSPS) is 10.7. The van der Waals surface area contributed by atoms with Crippen molar-refractivity contribution < 1.29 is 9.16 Å². The van der Waals surface area contributed by atoms with Gasteiger partial charge in [0.2, 0.25) is 8.32 Å². The van der Waals surface area contributed by atoms with E-state index in [9.17, 15) is 0 Å². The van der Waals surface area contributed by atoms with Crippen molar-refractivity contribution in [2.24, 2.45) is 0 Å². The molecule has 22 heavy (non-hydrogen) atoms. The standard InChI is InChI=1S/C19H28O2Si/c1-7-10-13-22(5,6)21-18-12-11-17(15-19(18)20-4)14-16(8-2)9-3/h8-9,11-12,14-15H,2-3,7,10,13H2,1,4-6H3. The van der Waals surface area contributed by atoms with E-state index in [0.29, 0.717) is 0 Å². The lowest BCUT2D eigenvalue weighted by Crippen LogP contribution is -2.33. The summed E-state index contributed by atoms with van der Waals surface area (Å²) in [6.45, 7) is 14.3. The fourth-order valence-corrected chi connectivity index (χ4v) is 4.27. The van der Waals surface area contributed by atoms with Gasteiger partial charge >= 0.3 is 0 Å². The fraction of sp³-hybridized carbons (Fsp3) is 0.368. The van der Waals surface area contributed by atoms with Gasteiger partial charge in [0.25, 0.3) is 0 Å². The van der Waals surface area contributed by atoms with E-state index < -0.39 is 8.32 Å². The number of allylic oxidation sites excluding steroid dienone is 3. The lowest BCUT2D eigenvalue weighted by molar-refractivity contribution is 0.391. The molecule has 0 spiro atoms. The van der Waals surface area contributed by atoms with Gasteiger partial charge in [0.1, 0.15) is 5.75 Å². The molecule has 120 valence electrons. The fourth-order valence-electron chi connectivity index (χ4n) is 2.20. The number of methoxy groups -OCH3 is 1. The molecule has 0 atom stereocenters. The van der Waals surface area contributed by atoms with Crippen LogP contribution in [0.2, 0.25) is 19.1 Å². The predicted octanol–water partition coefficient (Wildman–Crippen LogP) is 5.83. The first kappa shape index (κ1) is 18.3. The number of hydrogen-bond acceptors (Lipinski definition) is 2.